The lowest BCUT2D eigenvalue weighted by Gasteiger charge is -2.33. The number of ether oxygens (including phenoxy) is 1. The number of hydrogen-bond acceptors (Lipinski definition) is 5. The number of hydrogen-bond donors (Lipinski definition) is 0. The molecule has 1 saturated carbocycles. The van der Waals surface area contributed by atoms with E-state index in [0.717, 1.165) is 31.6 Å². The van der Waals surface area contributed by atoms with Crippen LogP contribution < -0.4 is 0 Å². The summed E-state index contributed by atoms with van der Waals surface area (Å²) in [6, 6.07) is 3.56. The first-order chi connectivity index (χ1) is 13.5. The smallest absolute Gasteiger partial charge is 0.309 e. The van der Waals surface area contributed by atoms with E-state index in [2.05, 4.69) is 6.92 Å². The Morgan fingerprint density at radius 1 is 1.14 bits per heavy atom. The SMILES string of the molecule is CC1CCC(N(C)C(=O)COC(=O)C2CCN(C(=O)c3ccco3)CC2)CC1. The summed E-state index contributed by atoms with van der Waals surface area (Å²) in [6.07, 6.45) is 6.85. The van der Waals surface area contributed by atoms with Crippen LogP contribution in [0.2, 0.25) is 0 Å². The van der Waals surface area contributed by atoms with Crippen LogP contribution in [0, 0.1) is 11.8 Å². The lowest BCUT2D eigenvalue weighted by atomic mass is 9.87. The van der Waals surface area contributed by atoms with Crippen molar-refractivity contribution in [3.63, 3.8) is 0 Å². The maximum atomic E-state index is 12.4. The lowest BCUT2D eigenvalue weighted by Crippen LogP contribution is -2.43. The van der Waals surface area contributed by atoms with Gasteiger partial charge in [0.1, 0.15) is 0 Å². The largest absolute Gasteiger partial charge is 0.459 e. The van der Waals surface area contributed by atoms with Crippen molar-refractivity contribution in [3.05, 3.63) is 24.2 Å². The zero-order valence-electron chi connectivity index (χ0n) is 16.8. The summed E-state index contributed by atoms with van der Waals surface area (Å²) < 4.78 is 10.4. The number of likely N-dealkylation sites (tertiary alicyclic amines) is 1. The fourth-order valence-electron chi connectivity index (χ4n) is 4.06. The summed E-state index contributed by atoms with van der Waals surface area (Å²) in [6.45, 7) is 3.00. The van der Waals surface area contributed by atoms with Gasteiger partial charge in [0.15, 0.2) is 12.4 Å². The molecule has 0 spiro atoms. The number of likely N-dealkylation sites (N-methyl/N-ethyl adjacent to an activating group) is 1. The molecule has 1 aromatic rings. The Morgan fingerprint density at radius 3 is 2.43 bits per heavy atom. The molecule has 1 aliphatic heterocycles. The highest BCUT2D eigenvalue weighted by molar-refractivity contribution is 5.91. The molecular formula is C21H30N2O5. The Balaban J connectivity index is 1.39. The second-order valence-corrected chi connectivity index (χ2v) is 8.07. The number of furan rings is 1. The summed E-state index contributed by atoms with van der Waals surface area (Å²) in [5.41, 5.74) is 0. The van der Waals surface area contributed by atoms with E-state index in [1.165, 1.54) is 6.26 Å². The zero-order chi connectivity index (χ0) is 20.1. The Hall–Kier alpha value is -2.31. The molecule has 7 heteroatoms. The first kappa shape index (κ1) is 20.4. The first-order valence-electron chi connectivity index (χ1n) is 10.2. The highest BCUT2D eigenvalue weighted by Crippen LogP contribution is 2.26. The van der Waals surface area contributed by atoms with Gasteiger partial charge in [0, 0.05) is 26.2 Å². The molecule has 2 aliphatic rings. The van der Waals surface area contributed by atoms with Crippen LogP contribution in [0.3, 0.4) is 0 Å². The van der Waals surface area contributed by atoms with Gasteiger partial charge < -0.3 is 19.0 Å². The molecule has 154 valence electrons. The Labute approximate surface area is 166 Å². The standard InChI is InChI=1S/C21H30N2O5/c1-15-5-7-17(8-6-15)22(2)19(24)14-28-21(26)16-9-11-23(12-10-16)20(25)18-4-3-13-27-18/h3-4,13,15-17H,5-12,14H2,1-2H3. The Kier molecular flexibility index (Phi) is 6.75. The first-order valence-corrected chi connectivity index (χ1v) is 10.2. The summed E-state index contributed by atoms with van der Waals surface area (Å²) in [4.78, 5) is 40.4. The molecule has 28 heavy (non-hydrogen) atoms. The summed E-state index contributed by atoms with van der Waals surface area (Å²) in [5, 5.41) is 0. The van der Waals surface area contributed by atoms with Crippen LogP contribution in [0.25, 0.3) is 0 Å². The number of esters is 1. The highest BCUT2D eigenvalue weighted by atomic mass is 16.5. The third-order valence-electron chi connectivity index (χ3n) is 6.11. The predicted molar refractivity (Wildman–Crippen MR) is 102 cm³/mol. The number of amides is 2. The predicted octanol–water partition coefficient (Wildman–Crippen LogP) is 2.71. The molecule has 0 radical (unpaired) electrons. The van der Waals surface area contributed by atoms with E-state index in [-0.39, 0.29) is 36.4 Å². The molecule has 1 saturated heterocycles. The van der Waals surface area contributed by atoms with Gasteiger partial charge in [0.25, 0.3) is 11.8 Å². The quantitative estimate of drug-likeness (QED) is 0.722. The van der Waals surface area contributed by atoms with Crippen molar-refractivity contribution in [2.75, 3.05) is 26.7 Å². The molecule has 0 atom stereocenters. The second-order valence-electron chi connectivity index (χ2n) is 8.07. The number of rotatable bonds is 5. The van der Waals surface area contributed by atoms with E-state index in [4.69, 9.17) is 9.15 Å². The zero-order valence-corrected chi connectivity index (χ0v) is 16.8. The van der Waals surface area contributed by atoms with Gasteiger partial charge in [-0.15, -0.1) is 0 Å². The van der Waals surface area contributed by atoms with Gasteiger partial charge >= 0.3 is 5.97 Å². The van der Waals surface area contributed by atoms with Gasteiger partial charge in [-0.25, -0.2) is 0 Å². The number of carbonyl (C=O) groups excluding carboxylic acids is 3. The molecule has 2 heterocycles. The van der Waals surface area contributed by atoms with Crippen molar-refractivity contribution in [2.24, 2.45) is 11.8 Å². The molecule has 1 aliphatic carbocycles. The van der Waals surface area contributed by atoms with Crippen LogP contribution in [0.4, 0.5) is 0 Å². The molecule has 0 N–H and O–H groups in total. The third kappa shape index (κ3) is 4.94. The molecule has 0 bridgehead atoms. The molecular weight excluding hydrogens is 360 g/mol. The Bertz CT molecular complexity index is 671. The second kappa shape index (κ2) is 9.26. The van der Waals surface area contributed by atoms with Crippen LogP contribution in [0.1, 0.15) is 56.0 Å². The lowest BCUT2D eigenvalue weighted by molar-refractivity contribution is -0.157. The summed E-state index contributed by atoms with van der Waals surface area (Å²) in [7, 11) is 1.80. The third-order valence-corrected chi connectivity index (χ3v) is 6.11. The maximum absolute atomic E-state index is 12.4. The van der Waals surface area contributed by atoms with E-state index in [1.54, 1.807) is 29.0 Å². The van der Waals surface area contributed by atoms with Crippen molar-refractivity contribution in [2.45, 2.75) is 51.5 Å². The van der Waals surface area contributed by atoms with Crippen LogP contribution in [0.5, 0.6) is 0 Å². The van der Waals surface area contributed by atoms with Crippen LogP contribution in [-0.2, 0) is 14.3 Å². The van der Waals surface area contributed by atoms with Crippen molar-refractivity contribution in [1.29, 1.82) is 0 Å². The average Bonchev–Trinajstić information content (AvgIpc) is 3.26. The van der Waals surface area contributed by atoms with Gasteiger partial charge in [-0.05, 0) is 56.6 Å². The summed E-state index contributed by atoms with van der Waals surface area (Å²) >= 11 is 0. The van der Waals surface area contributed by atoms with Crippen molar-refractivity contribution in [3.8, 4) is 0 Å². The fraction of sp³-hybridized carbons (Fsp3) is 0.667. The molecule has 7 nitrogen and oxygen atoms in total. The maximum Gasteiger partial charge on any atom is 0.309 e. The normalized spacial score (nSPS) is 23.3. The molecule has 1 aromatic heterocycles. The van der Waals surface area contributed by atoms with Crippen LogP contribution in [-0.4, -0.2) is 60.4 Å². The number of nitrogens with zero attached hydrogens (tertiary/aromatic N) is 2. The molecule has 0 aromatic carbocycles. The van der Waals surface area contributed by atoms with Gasteiger partial charge in [0.2, 0.25) is 0 Å². The van der Waals surface area contributed by atoms with Gasteiger partial charge in [-0.1, -0.05) is 6.92 Å². The monoisotopic (exact) mass is 390 g/mol. The van der Waals surface area contributed by atoms with E-state index >= 15 is 0 Å². The minimum atomic E-state index is -0.343. The van der Waals surface area contributed by atoms with Gasteiger partial charge in [-0.3, -0.25) is 14.4 Å². The molecule has 0 unspecified atom stereocenters. The fourth-order valence-corrected chi connectivity index (χ4v) is 4.06. The molecule has 2 fully saturated rings. The van der Waals surface area contributed by atoms with Crippen LogP contribution >= 0.6 is 0 Å². The number of carbonyl (C=O) groups is 3. The topological polar surface area (TPSA) is 80.1 Å². The average molecular weight is 390 g/mol. The van der Waals surface area contributed by atoms with E-state index in [1.807, 2.05) is 0 Å². The van der Waals surface area contributed by atoms with Crippen LogP contribution in [0.15, 0.2) is 22.8 Å². The van der Waals surface area contributed by atoms with Crippen molar-refractivity contribution < 1.29 is 23.5 Å². The number of piperidine rings is 1. The minimum Gasteiger partial charge on any atom is -0.459 e. The van der Waals surface area contributed by atoms with Gasteiger partial charge in [0.05, 0.1) is 12.2 Å². The molecule has 2 amide bonds. The van der Waals surface area contributed by atoms with E-state index in [9.17, 15) is 14.4 Å². The molecule has 3 rings (SSSR count). The Morgan fingerprint density at radius 2 is 1.82 bits per heavy atom. The highest BCUT2D eigenvalue weighted by Gasteiger charge is 2.31. The van der Waals surface area contributed by atoms with Crippen molar-refractivity contribution >= 4 is 17.8 Å². The van der Waals surface area contributed by atoms with Crippen molar-refractivity contribution in [1.82, 2.24) is 9.80 Å². The summed E-state index contributed by atoms with van der Waals surface area (Å²) in [5.74, 6) is 0.127. The van der Waals surface area contributed by atoms with Gasteiger partial charge in [-0.2, -0.15) is 0 Å². The van der Waals surface area contributed by atoms with E-state index < -0.39 is 0 Å². The van der Waals surface area contributed by atoms with E-state index in [0.29, 0.717) is 31.7 Å². The minimum absolute atomic E-state index is 0.140.